The summed E-state index contributed by atoms with van der Waals surface area (Å²) < 4.78 is 20.5. The number of nitrogens with two attached hydrogens (primary N) is 1. The van der Waals surface area contributed by atoms with Gasteiger partial charge in [0.15, 0.2) is 0 Å². The van der Waals surface area contributed by atoms with Gasteiger partial charge in [-0.2, -0.15) is 5.26 Å². The van der Waals surface area contributed by atoms with Crippen LogP contribution >= 0.6 is 0 Å². The van der Waals surface area contributed by atoms with Gasteiger partial charge in [-0.15, -0.1) is 0 Å². The van der Waals surface area contributed by atoms with E-state index in [9.17, 15) is 10.1 Å². The van der Waals surface area contributed by atoms with Crippen molar-refractivity contribution in [2.45, 2.75) is 45.8 Å². The number of halogens is 1. The predicted octanol–water partition coefficient (Wildman–Crippen LogP) is 3.86. The van der Waals surface area contributed by atoms with E-state index in [0.29, 0.717) is 5.57 Å². The van der Waals surface area contributed by atoms with E-state index in [1.165, 1.54) is 0 Å². The fraction of sp³-hybridized carbons (Fsp3) is 0.429. The summed E-state index contributed by atoms with van der Waals surface area (Å²) in [6, 6.07) is 8.72. The molecule has 3 atom stereocenters. The summed E-state index contributed by atoms with van der Waals surface area (Å²) in [5.74, 6) is -1.43. The van der Waals surface area contributed by atoms with E-state index < -0.39 is 23.6 Å². The van der Waals surface area contributed by atoms with Crippen molar-refractivity contribution in [1.29, 1.82) is 5.26 Å². The minimum atomic E-state index is -2.25. The maximum Gasteiger partial charge on any atom is 0.307 e. The van der Waals surface area contributed by atoms with E-state index >= 15 is 4.39 Å². The summed E-state index contributed by atoms with van der Waals surface area (Å²) in [5.41, 5.74) is 7.85. The second-order valence-corrected chi connectivity index (χ2v) is 6.67. The van der Waals surface area contributed by atoms with E-state index in [4.69, 9.17) is 10.5 Å². The van der Waals surface area contributed by atoms with Gasteiger partial charge >= 0.3 is 5.97 Å². The fourth-order valence-corrected chi connectivity index (χ4v) is 3.43. The third kappa shape index (κ3) is 3.56. The lowest BCUT2D eigenvalue weighted by Crippen LogP contribution is -2.47. The highest BCUT2D eigenvalue weighted by Gasteiger charge is 2.47. The first-order chi connectivity index (χ1) is 12.3. The molecule has 138 valence electrons. The Morgan fingerprint density at radius 2 is 2.04 bits per heavy atom. The normalized spacial score (nSPS) is 23.9. The predicted molar refractivity (Wildman–Crippen MR) is 99.7 cm³/mol. The van der Waals surface area contributed by atoms with Crippen LogP contribution in [0, 0.1) is 24.2 Å². The summed E-state index contributed by atoms with van der Waals surface area (Å²) in [6.45, 7) is 7.34. The number of nitriles is 1. The van der Waals surface area contributed by atoms with Crippen LogP contribution in [0.2, 0.25) is 0 Å². The first-order valence-corrected chi connectivity index (χ1v) is 8.73. The molecular formula is C21H25FN2O2. The van der Waals surface area contributed by atoms with E-state index in [2.05, 4.69) is 0 Å². The van der Waals surface area contributed by atoms with Crippen molar-refractivity contribution in [3.63, 3.8) is 0 Å². The number of alkyl halides is 1. The number of hydrogen-bond donors (Lipinski definition) is 1. The molecular weight excluding hydrogens is 331 g/mol. The summed E-state index contributed by atoms with van der Waals surface area (Å²) in [5, 5.41) is 9.55. The van der Waals surface area contributed by atoms with Crippen molar-refractivity contribution >= 4 is 11.5 Å². The molecule has 0 aromatic heterocycles. The van der Waals surface area contributed by atoms with Gasteiger partial charge in [0.05, 0.1) is 13.0 Å². The Kier molecular flexibility index (Phi) is 5.99. The van der Waals surface area contributed by atoms with Crippen LogP contribution in [0.5, 0.6) is 0 Å². The van der Waals surface area contributed by atoms with Crippen molar-refractivity contribution < 1.29 is 13.9 Å². The third-order valence-corrected chi connectivity index (χ3v) is 5.08. The molecule has 0 fully saturated rings. The SMILES string of the molecule is CCOC(=O)CC(N)C1C=C(c2ccccc2C)C(C)=C(C)C1(F)C#N. The molecule has 2 N–H and O–H groups in total. The fourth-order valence-electron chi connectivity index (χ4n) is 3.43. The van der Waals surface area contributed by atoms with Crippen LogP contribution in [0.25, 0.3) is 5.57 Å². The number of benzene rings is 1. The van der Waals surface area contributed by atoms with Crippen LogP contribution < -0.4 is 5.73 Å². The van der Waals surface area contributed by atoms with Crippen molar-refractivity contribution in [2.24, 2.45) is 11.7 Å². The zero-order valence-electron chi connectivity index (χ0n) is 15.7. The quantitative estimate of drug-likeness (QED) is 0.813. The van der Waals surface area contributed by atoms with E-state index in [0.717, 1.165) is 22.3 Å². The van der Waals surface area contributed by atoms with Crippen LogP contribution in [0.4, 0.5) is 4.39 Å². The molecule has 0 saturated carbocycles. The van der Waals surface area contributed by atoms with Gasteiger partial charge in [0.25, 0.3) is 0 Å². The molecule has 0 radical (unpaired) electrons. The molecule has 0 bridgehead atoms. The average Bonchev–Trinajstić information content (AvgIpc) is 2.61. The lowest BCUT2D eigenvalue weighted by atomic mass is 9.70. The highest BCUT2D eigenvalue weighted by molar-refractivity contribution is 5.83. The first-order valence-electron chi connectivity index (χ1n) is 8.73. The monoisotopic (exact) mass is 356 g/mol. The van der Waals surface area contributed by atoms with Crippen molar-refractivity contribution in [2.75, 3.05) is 6.61 Å². The Labute approximate surface area is 154 Å². The van der Waals surface area contributed by atoms with Gasteiger partial charge in [0.1, 0.15) is 6.07 Å². The maximum absolute atomic E-state index is 15.6. The van der Waals surface area contributed by atoms with Gasteiger partial charge in [-0.25, -0.2) is 4.39 Å². The van der Waals surface area contributed by atoms with Gasteiger partial charge in [-0.05, 0) is 55.5 Å². The lowest BCUT2D eigenvalue weighted by Gasteiger charge is -2.36. The molecule has 0 heterocycles. The van der Waals surface area contributed by atoms with Gasteiger partial charge < -0.3 is 10.5 Å². The van der Waals surface area contributed by atoms with Crippen LogP contribution in [0.15, 0.2) is 41.5 Å². The third-order valence-electron chi connectivity index (χ3n) is 5.08. The van der Waals surface area contributed by atoms with Crippen molar-refractivity contribution in [3.05, 3.63) is 52.6 Å². The van der Waals surface area contributed by atoms with Crippen molar-refractivity contribution in [3.8, 4) is 6.07 Å². The molecule has 1 aromatic rings. The molecule has 1 aliphatic rings. The molecule has 0 spiro atoms. The lowest BCUT2D eigenvalue weighted by molar-refractivity contribution is -0.143. The summed E-state index contributed by atoms with van der Waals surface area (Å²) in [4.78, 5) is 11.8. The van der Waals surface area contributed by atoms with E-state index in [-0.39, 0.29) is 13.0 Å². The Bertz CT molecular complexity index is 806. The largest absolute Gasteiger partial charge is 0.466 e. The average molecular weight is 356 g/mol. The zero-order chi connectivity index (χ0) is 19.5. The molecule has 1 aromatic carbocycles. The molecule has 26 heavy (non-hydrogen) atoms. The van der Waals surface area contributed by atoms with Crippen LogP contribution in [-0.4, -0.2) is 24.3 Å². The molecule has 0 aliphatic heterocycles. The maximum atomic E-state index is 15.6. The number of nitrogens with zero attached hydrogens (tertiary/aromatic N) is 1. The van der Waals surface area contributed by atoms with Crippen LogP contribution in [0.3, 0.4) is 0 Å². The number of hydrogen-bond acceptors (Lipinski definition) is 4. The topological polar surface area (TPSA) is 76.1 Å². The second kappa shape index (κ2) is 7.84. The highest BCUT2D eigenvalue weighted by atomic mass is 19.1. The molecule has 0 saturated heterocycles. The molecule has 0 amide bonds. The Morgan fingerprint density at radius 3 is 2.62 bits per heavy atom. The Balaban J connectivity index is 2.52. The van der Waals surface area contributed by atoms with Gasteiger partial charge in [-0.1, -0.05) is 30.3 Å². The van der Waals surface area contributed by atoms with Gasteiger partial charge in [0.2, 0.25) is 5.67 Å². The van der Waals surface area contributed by atoms with Crippen molar-refractivity contribution in [1.82, 2.24) is 0 Å². The number of esters is 1. The summed E-state index contributed by atoms with van der Waals surface area (Å²) >= 11 is 0. The Morgan fingerprint density at radius 1 is 1.38 bits per heavy atom. The number of ether oxygens (including phenoxy) is 1. The number of rotatable bonds is 5. The summed E-state index contributed by atoms with van der Waals surface area (Å²) in [7, 11) is 0. The minimum Gasteiger partial charge on any atom is -0.466 e. The first kappa shape index (κ1) is 19.9. The minimum absolute atomic E-state index is 0.143. The summed E-state index contributed by atoms with van der Waals surface area (Å²) in [6.07, 6.45) is 1.56. The number of allylic oxidation sites excluding steroid dienone is 3. The zero-order valence-corrected chi connectivity index (χ0v) is 15.7. The second-order valence-electron chi connectivity index (χ2n) is 6.67. The molecule has 2 rings (SSSR count). The number of aryl methyl sites for hydroxylation is 1. The molecule has 4 nitrogen and oxygen atoms in total. The van der Waals surface area contributed by atoms with Gasteiger partial charge in [-0.3, -0.25) is 4.79 Å². The van der Waals surface area contributed by atoms with E-state index in [1.54, 1.807) is 26.0 Å². The highest BCUT2D eigenvalue weighted by Crippen LogP contribution is 2.44. The van der Waals surface area contributed by atoms with Gasteiger partial charge in [0, 0.05) is 12.0 Å². The molecule has 3 unspecified atom stereocenters. The van der Waals surface area contributed by atoms with Crippen LogP contribution in [0.1, 0.15) is 38.3 Å². The molecule has 5 heteroatoms. The standard InChI is InChI=1S/C21H25FN2O2/c1-5-26-20(25)11-19(24)18-10-17(16-9-7-6-8-13(16)2)14(3)15(4)21(18,22)12-23/h6-10,18-19H,5,11,24H2,1-4H3. The van der Waals surface area contributed by atoms with Crippen LogP contribution in [-0.2, 0) is 9.53 Å². The Hall–Kier alpha value is -2.45. The number of carbonyl (C=O) groups excluding carboxylic acids is 1. The molecule has 1 aliphatic carbocycles. The number of carbonyl (C=O) groups is 1. The smallest absolute Gasteiger partial charge is 0.307 e. The van der Waals surface area contributed by atoms with E-state index in [1.807, 2.05) is 38.1 Å².